The maximum Gasteiger partial charge on any atom is 0.647 e. The molecule has 4 aliphatic rings. The summed E-state index contributed by atoms with van der Waals surface area (Å²) in [5, 5.41) is 0. The molecule has 0 N–H and O–H groups in total. The number of phosphoric ester groups is 2. The fourth-order valence-corrected chi connectivity index (χ4v) is 5.44. The Morgan fingerprint density at radius 1 is 0.636 bits per heavy atom. The molecule has 0 amide bonds. The molecule has 0 radical (unpaired) electrons. The Bertz CT molecular complexity index is 1010. The molecule has 22 heavy (non-hydrogen) atoms. The minimum atomic E-state index is -3.87. The molecule has 0 saturated heterocycles. The molecule has 8 nitrogen and oxygen atoms in total. The van der Waals surface area contributed by atoms with Crippen molar-refractivity contribution in [3.05, 3.63) is 24.3 Å². The second-order valence-electron chi connectivity index (χ2n) is 4.96. The molecule has 2 aromatic rings. The van der Waals surface area contributed by atoms with Gasteiger partial charge < -0.3 is 27.1 Å². The van der Waals surface area contributed by atoms with E-state index in [0.29, 0.717) is 16.9 Å². The molecular weight excluding hydrogens is 334 g/mol. The Labute approximate surface area is 122 Å². The van der Waals surface area contributed by atoms with Crippen molar-refractivity contribution in [3.63, 3.8) is 0 Å². The van der Waals surface area contributed by atoms with Crippen LogP contribution in [0.15, 0.2) is 24.3 Å². The third-order valence-electron chi connectivity index (χ3n) is 3.66. The van der Waals surface area contributed by atoms with Crippen LogP contribution in [-0.2, 0) is 9.13 Å². The number of phosphoric acid groups is 2. The first-order valence-electron chi connectivity index (χ1n) is 6.26. The summed E-state index contributed by atoms with van der Waals surface area (Å²) in [5.74, 6) is 1.02. The van der Waals surface area contributed by atoms with Gasteiger partial charge >= 0.3 is 15.6 Å². The van der Waals surface area contributed by atoms with Crippen molar-refractivity contribution in [1.82, 2.24) is 0 Å². The van der Waals surface area contributed by atoms with Crippen LogP contribution in [0.5, 0.6) is 34.5 Å². The first kappa shape index (κ1) is 11.3. The lowest BCUT2D eigenvalue weighted by Crippen LogP contribution is -2.02. The highest BCUT2D eigenvalue weighted by Crippen LogP contribution is 2.80. The van der Waals surface area contributed by atoms with Crippen LogP contribution in [0.1, 0.15) is 0 Å². The Balaban J connectivity index is 1.83. The lowest BCUT2D eigenvalue weighted by atomic mass is 10.0. The maximum absolute atomic E-state index is 12.6. The van der Waals surface area contributed by atoms with Crippen LogP contribution in [0.25, 0.3) is 11.1 Å². The molecular formula is C12H4O8P2. The maximum atomic E-state index is 12.6. The molecule has 0 aliphatic carbocycles. The van der Waals surface area contributed by atoms with Gasteiger partial charge in [-0.15, -0.1) is 0 Å². The monoisotopic (exact) mass is 338 g/mol. The van der Waals surface area contributed by atoms with Crippen molar-refractivity contribution in [2.75, 3.05) is 0 Å². The normalized spacial score (nSPS) is 30.0. The second kappa shape index (κ2) is 3.07. The van der Waals surface area contributed by atoms with E-state index in [-0.39, 0.29) is 28.7 Å². The van der Waals surface area contributed by atoms with Crippen molar-refractivity contribution in [3.8, 4) is 45.6 Å². The van der Waals surface area contributed by atoms with Gasteiger partial charge in [0, 0.05) is 5.56 Å². The van der Waals surface area contributed by atoms with E-state index in [9.17, 15) is 9.13 Å². The minimum Gasteiger partial charge on any atom is -0.385 e. The van der Waals surface area contributed by atoms with Gasteiger partial charge in [-0.2, -0.15) is 9.13 Å². The van der Waals surface area contributed by atoms with E-state index in [4.69, 9.17) is 27.1 Å². The summed E-state index contributed by atoms with van der Waals surface area (Å²) in [6.07, 6.45) is 0. The number of rotatable bonds is 0. The molecule has 0 fully saturated rings. The molecule has 2 aromatic carbocycles. The second-order valence-corrected chi connectivity index (χ2v) is 7.84. The Morgan fingerprint density at radius 2 is 1.14 bits per heavy atom. The van der Waals surface area contributed by atoms with Gasteiger partial charge in [0.05, 0.1) is 5.56 Å². The molecule has 0 saturated carbocycles. The van der Waals surface area contributed by atoms with Crippen molar-refractivity contribution < 1.29 is 36.3 Å². The molecule has 110 valence electrons. The largest absolute Gasteiger partial charge is 0.647 e. The van der Waals surface area contributed by atoms with Gasteiger partial charge in [-0.05, 0) is 6.07 Å². The first-order valence-corrected chi connectivity index (χ1v) is 9.18. The van der Waals surface area contributed by atoms with Gasteiger partial charge in [0.15, 0.2) is 11.5 Å². The summed E-state index contributed by atoms with van der Waals surface area (Å²) in [6, 6.07) is 6.88. The third-order valence-corrected chi connectivity index (χ3v) is 6.11. The standard InChI is InChI=1S/C12H4O8P2/c13-21-15-6-4-2-1-3-5(6)7-8(16-21)10(18-21)12-11-9(7)17-22(14,19-11)20-12/h1-4H. The number of para-hydroxylation sites is 1. The van der Waals surface area contributed by atoms with Gasteiger partial charge in [0.1, 0.15) is 5.75 Å². The van der Waals surface area contributed by atoms with Gasteiger partial charge in [0.2, 0.25) is 17.2 Å². The van der Waals surface area contributed by atoms with Crippen LogP contribution in [0.2, 0.25) is 0 Å². The molecule has 0 spiro atoms. The van der Waals surface area contributed by atoms with Crippen LogP contribution in [0.4, 0.5) is 0 Å². The van der Waals surface area contributed by atoms with Crippen LogP contribution in [0, 0.1) is 0 Å². The van der Waals surface area contributed by atoms with E-state index < -0.39 is 15.6 Å². The molecule has 0 aromatic heterocycles. The smallest absolute Gasteiger partial charge is 0.385 e. The predicted molar refractivity (Wildman–Crippen MR) is 70.9 cm³/mol. The molecule has 4 heterocycles. The SMILES string of the molecule is O=P12Oc3ccccc3-c3c(c(c4c5c3OP(=O)(O4)O5)O1)O2. The van der Waals surface area contributed by atoms with E-state index in [0.717, 1.165) is 0 Å². The van der Waals surface area contributed by atoms with Crippen molar-refractivity contribution in [1.29, 1.82) is 0 Å². The first-order chi connectivity index (χ1) is 10.6. The van der Waals surface area contributed by atoms with Gasteiger partial charge in [-0.25, -0.2) is 0 Å². The van der Waals surface area contributed by atoms with Crippen LogP contribution in [-0.4, -0.2) is 0 Å². The summed E-state index contributed by atoms with van der Waals surface area (Å²) in [5.41, 5.74) is 1.02. The highest BCUT2D eigenvalue weighted by atomic mass is 31.2. The number of benzene rings is 2. The van der Waals surface area contributed by atoms with E-state index in [1.807, 2.05) is 0 Å². The summed E-state index contributed by atoms with van der Waals surface area (Å²) < 4.78 is 56.6. The fraction of sp³-hybridized carbons (Fsp3) is 0. The number of hydrogen-bond acceptors (Lipinski definition) is 8. The van der Waals surface area contributed by atoms with Crippen LogP contribution >= 0.6 is 15.6 Å². The molecule has 2 atom stereocenters. The zero-order valence-corrected chi connectivity index (χ0v) is 12.3. The molecule has 10 heteroatoms. The summed E-state index contributed by atoms with van der Waals surface area (Å²) in [6.45, 7) is 0. The zero-order chi connectivity index (χ0) is 14.7. The van der Waals surface area contributed by atoms with Crippen LogP contribution < -0.4 is 27.1 Å². The van der Waals surface area contributed by atoms with Gasteiger partial charge in [0.25, 0.3) is 0 Å². The average Bonchev–Trinajstić information content (AvgIpc) is 3.05. The van der Waals surface area contributed by atoms with Gasteiger partial charge in [-0.1, -0.05) is 18.2 Å². The van der Waals surface area contributed by atoms with Crippen molar-refractivity contribution in [2.45, 2.75) is 0 Å². The topological polar surface area (TPSA) is 89.5 Å². The van der Waals surface area contributed by atoms with E-state index in [2.05, 4.69) is 0 Å². The molecule has 6 rings (SSSR count). The number of fused-ring (bicyclic) bond motifs is 6. The predicted octanol–water partition coefficient (Wildman–Crippen LogP) is 3.90. The van der Waals surface area contributed by atoms with Crippen molar-refractivity contribution in [2.24, 2.45) is 0 Å². The third kappa shape index (κ3) is 1.11. The highest BCUT2D eigenvalue weighted by Gasteiger charge is 2.59. The summed E-state index contributed by atoms with van der Waals surface area (Å²) >= 11 is 0. The van der Waals surface area contributed by atoms with E-state index in [1.165, 1.54) is 0 Å². The minimum absolute atomic E-state index is 0.0626. The fourth-order valence-electron chi connectivity index (χ4n) is 2.85. The highest BCUT2D eigenvalue weighted by molar-refractivity contribution is 7.51. The average molecular weight is 338 g/mol. The number of hydrogen-bond donors (Lipinski definition) is 0. The molecule has 4 aliphatic heterocycles. The summed E-state index contributed by atoms with van der Waals surface area (Å²) in [4.78, 5) is 0. The zero-order valence-electron chi connectivity index (χ0n) is 10.5. The van der Waals surface area contributed by atoms with E-state index >= 15 is 0 Å². The van der Waals surface area contributed by atoms with Crippen molar-refractivity contribution >= 4 is 15.6 Å². The van der Waals surface area contributed by atoms with Crippen LogP contribution in [0.3, 0.4) is 0 Å². The molecule has 4 bridgehead atoms. The Kier molecular flexibility index (Phi) is 1.57. The Morgan fingerprint density at radius 3 is 1.82 bits per heavy atom. The lowest BCUT2D eigenvalue weighted by molar-refractivity contribution is 0.328. The summed E-state index contributed by atoms with van der Waals surface area (Å²) in [7, 11) is -7.58. The lowest BCUT2D eigenvalue weighted by Gasteiger charge is -2.17. The van der Waals surface area contributed by atoms with E-state index in [1.54, 1.807) is 24.3 Å². The quantitative estimate of drug-likeness (QED) is 0.668. The molecule has 2 unspecified atom stereocenters. The Hall–Kier alpha value is -2.30. The van der Waals surface area contributed by atoms with Gasteiger partial charge in [-0.3, -0.25) is 0 Å².